The maximum absolute atomic E-state index is 13.1. The van der Waals surface area contributed by atoms with Gasteiger partial charge >= 0.3 is 0 Å². The number of hydrogen-bond donors (Lipinski definition) is 1. The van der Waals surface area contributed by atoms with E-state index in [1.54, 1.807) is 17.4 Å². The van der Waals surface area contributed by atoms with Crippen LogP contribution in [0.1, 0.15) is 40.5 Å². The molecule has 1 N–H and O–H groups in total. The maximum atomic E-state index is 13.1. The Balaban J connectivity index is 1.39. The molecule has 0 unspecified atom stereocenters. The van der Waals surface area contributed by atoms with Crippen LogP contribution < -0.4 is 15.0 Å². The Bertz CT molecular complexity index is 1110. The lowest BCUT2D eigenvalue weighted by atomic mass is 9.89. The lowest BCUT2D eigenvalue weighted by Crippen LogP contribution is -2.45. The van der Waals surface area contributed by atoms with E-state index in [-0.39, 0.29) is 31.0 Å². The molecule has 0 bridgehead atoms. The van der Waals surface area contributed by atoms with Gasteiger partial charge < -0.3 is 10.1 Å². The summed E-state index contributed by atoms with van der Waals surface area (Å²) in [4.78, 5) is 28.1. The standard InChI is InChI=1S/C25H24N2O3S/c28-23(15-27-20-8-3-4-9-21(20)30-16-24(27)29)26-25(22-10-5-13-31-22)19-12-11-17-6-1-2-7-18(17)14-19/h3-5,8-14,25H,1-2,6-7,15-16H2,(H,26,28)/t25-/m1/s1. The largest absolute Gasteiger partial charge is 0.482 e. The van der Waals surface area contributed by atoms with E-state index in [4.69, 9.17) is 4.74 Å². The molecule has 31 heavy (non-hydrogen) atoms. The molecule has 5 rings (SSSR count). The highest BCUT2D eigenvalue weighted by atomic mass is 32.1. The van der Waals surface area contributed by atoms with E-state index < -0.39 is 0 Å². The molecule has 1 atom stereocenters. The van der Waals surface area contributed by atoms with Crippen molar-refractivity contribution in [3.8, 4) is 5.75 Å². The number of fused-ring (bicyclic) bond motifs is 2. The van der Waals surface area contributed by atoms with E-state index in [1.165, 1.54) is 28.9 Å². The first-order chi connectivity index (χ1) is 15.2. The van der Waals surface area contributed by atoms with Crippen molar-refractivity contribution in [3.63, 3.8) is 0 Å². The molecule has 0 radical (unpaired) electrons. The van der Waals surface area contributed by atoms with Crippen molar-refractivity contribution in [2.45, 2.75) is 31.7 Å². The first-order valence-electron chi connectivity index (χ1n) is 10.7. The zero-order chi connectivity index (χ0) is 21.2. The summed E-state index contributed by atoms with van der Waals surface area (Å²) in [6.45, 7) is -0.0878. The predicted octanol–water partition coefficient (Wildman–Crippen LogP) is 4.26. The predicted molar refractivity (Wildman–Crippen MR) is 122 cm³/mol. The van der Waals surface area contributed by atoms with Crippen LogP contribution in [-0.2, 0) is 22.4 Å². The van der Waals surface area contributed by atoms with Crippen LogP contribution in [0.15, 0.2) is 60.0 Å². The number of nitrogens with one attached hydrogen (secondary N) is 1. The number of para-hydroxylation sites is 2. The van der Waals surface area contributed by atoms with Gasteiger partial charge in [0, 0.05) is 4.88 Å². The van der Waals surface area contributed by atoms with Crippen molar-refractivity contribution in [1.82, 2.24) is 5.32 Å². The fourth-order valence-electron chi connectivity index (χ4n) is 4.38. The summed E-state index contributed by atoms with van der Waals surface area (Å²) in [6, 6.07) is 17.7. The number of benzene rings is 2. The minimum absolute atomic E-state index is 0.0357. The first-order valence-corrected chi connectivity index (χ1v) is 11.5. The van der Waals surface area contributed by atoms with Crippen molar-refractivity contribution in [2.75, 3.05) is 18.1 Å². The Kier molecular flexibility index (Phi) is 5.47. The molecule has 0 fully saturated rings. The average Bonchev–Trinajstić information content (AvgIpc) is 3.34. The molecule has 158 valence electrons. The minimum Gasteiger partial charge on any atom is -0.482 e. The number of hydrogen-bond acceptors (Lipinski definition) is 4. The molecule has 1 aliphatic heterocycles. The molecule has 3 aromatic rings. The average molecular weight is 433 g/mol. The molecule has 2 aromatic carbocycles. The Hall–Kier alpha value is -3.12. The Morgan fingerprint density at radius 1 is 1.06 bits per heavy atom. The zero-order valence-electron chi connectivity index (χ0n) is 17.2. The molecule has 2 aliphatic rings. The van der Waals surface area contributed by atoms with Gasteiger partial charge in [0.2, 0.25) is 5.91 Å². The molecule has 5 nitrogen and oxygen atoms in total. The smallest absolute Gasteiger partial charge is 0.265 e. The number of rotatable bonds is 5. The third-order valence-electron chi connectivity index (χ3n) is 5.95. The highest BCUT2D eigenvalue weighted by Gasteiger charge is 2.28. The van der Waals surface area contributed by atoms with Crippen LogP contribution in [0.2, 0.25) is 0 Å². The minimum atomic E-state index is -0.230. The second-order valence-electron chi connectivity index (χ2n) is 7.99. The molecule has 2 heterocycles. The quantitative estimate of drug-likeness (QED) is 0.656. The van der Waals surface area contributed by atoms with Crippen molar-refractivity contribution < 1.29 is 14.3 Å². The van der Waals surface area contributed by atoms with Gasteiger partial charge in [0.15, 0.2) is 6.61 Å². The van der Waals surface area contributed by atoms with Crippen molar-refractivity contribution in [2.24, 2.45) is 0 Å². The monoisotopic (exact) mass is 432 g/mol. The maximum Gasteiger partial charge on any atom is 0.265 e. The summed E-state index contributed by atoms with van der Waals surface area (Å²) in [5.74, 6) is 0.218. The Morgan fingerprint density at radius 3 is 2.74 bits per heavy atom. The number of nitrogens with zero attached hydrogens (tertiary/aromatic N) is 1. The van der Waals surface area contributed by atoms with Gasteiger partial charge in [-0.2, -0.15) is 0 Å². The van der Waals surface area contributed by atoms with Crippen molar-refractivity contribution in [3.05, 3.63) is 81.5 Å². The second-order valence-corrected chi connectivity index (χ2v) is 8.97. The third kappa shape index (κ3) is 4.08. The van der Waals surface area contributed by atoms with Gasteiger partial charge in [-0.05, 0) is 66.0 Å². The van der Waals surface area contributed by atoms with Crippen LogP contribution in [0, 0.1) is 0 Å². The molecular weight excluding hydrogens is 408 g/mol. The second kappa shape index (κ2) is 8.55. The van der Waals surface area contributed by atoms with Crippen molar-refractivity contribution >= 4 is 28.8 Å². The van der Waals surface area contributed by atoms with Crippen LogP contribution in [-0.4, -0.2) is 25.0 Å². The highest BCUT2D eigenvalue weighted by molar-refractivity contribution is 7.10. The number of ether oxygens (including phenoxy) is 1. The van der Waals surface area contributed by atoms with Crippen LogP contribution in [0.25, 0.3) is 0 Å². The number of carbonyl (C=O) groups excluding carboxylic acids is 2. The number of amides is 2. The van der Waals surface area contributed by atoms with E-state index >= 15 is 0 Å². The summed E-state index contributed by atoms with van der Waals surface area (Å²) in [6.07, 6.45) is 4.68. The number of aryl methyl sites for hydroxylation is 2. The lowest BCUT2D eigenvalue weighted by Gasteiger charge is -2.29. The normalized spacial score (nSPS) is 16.1. The van der Waals surface area contributed by atoms with E-state index in [2.05, 4.69) is 23.5 Å². The lowest BCUT2D eigenvalue weighted by molar-refractivity contribution is -0.125. The number of thiophene rings is 1. The van der Waals surface area contributed by atoms with Gasteiger partial charge in [0.25, 0.3) is 5.91 Å². The molecule has 0 spiro atoms. The first kappa shape index (κ1) is 19.8. The summed E-state index contributed by atoms with van der Waals surface area (Å²) in [5, 5.41) is 5.20. The van der Waals surface area contributed by atoms with Crippen LogP contribution in [0.5, 0.6) is 5.75 Å². The molecule has 6 heteroatoms. The molecule has 0 saturated heterocycles. The zero-order valence-corrected chi connectivity index (χ0v) is 18.0. The van der Waals surface area contributed by atoms with Crippen LogP contribution >= 0.6 is 11.3 Å². The molecule has 1 aliphatic carbocycles. The van der Waals surface area contributed by atoms with Gasteiger partial charge in [-0.3, -0.25) is 14.5 Å². The summed E-state index contributed by atoms with van der Waals surface area (Å²) in [7, 11) is 0. The van der Waals surface area contributed by atoms with E-state index in [0.29, 0.717) is 11.4 Å². The van der Waals surface area contributed by atoms with Crippen molar-refractivity contribution in [1.29, 1.82) is 0 Å². The van der Waals surface area contributed by atoms with E-state index in [0.717, 1.165) is 23.3 Å². The van der Waals surface area contributed by atoms with Crippen LogP contribution in [0.4, 0.5) is 5.69 Å². The fourth-order valence-corrected chi connectivity index (χ4v) is 5.19. The summed E-state index contributed by atoms with van der Waals surface area (Å²) in [5.41, 5.74) is 4.53. The summed E-state index contributed by atoms with van der Waals surface area (Å²) >= 11 is 1.63. The number of carbonyl (C=O) groups is 2. The number of anilines is 1. The molecule has 2 amide bonds. The van der Waals surface area contributed by atoms with E-state index in [9.17, 15) is 9.59 Å². The molecule has 1 aromatic heterocycles. The SMILES string of the molecule is O=C(CN1C(=O)COc2ccccc21)N[C@H](c1ccc2c(c1)CCCC2)c1cccs1. The van der Waals surface area contributed by atoms with Gasteiger partial charge in [-0.1, -0.05) is 36.4 Å². The fraction of sp³-hybridized carbons (Fsp3) is 0.280. The van der Waals surface area contributed by atoms with E-state index in [1.807, 2.05) is 35.7 Å². The van der Waals surface area contributed by atoms with Gasteiger partial charge in [-0.25, -0.2) is 0 Å². The Labute approximate surface area is 185 Å². The summed E-state index contributed by atoms with van der Waals surface area (Å²) < 4.78 is 5.49. The third-order valence-corrected chi connectivity index (χ3v) is 6.89. The Morgan fingerprint density at radius 2 is 1.90 bits per heavy atom. The van der Waals surface area contributed by atoms with Gasteiger partial charge in [0.05, 0.1) is 11.7 Å². The highest BCUT2D eigenvalue weighted by Crippen LogP contribution is 2.32. The molecule has 0 saturated carbocycles. The molecular formula is C25H24N2O3S. The van der Waals surface area contributed by atoms with Gasteiger partial charge in [0.1, 0.15) is 12.3 Å². The van der Waals surface area contributed by atoms with Gasteiger partial charge in [-0.15, -0.1) is 11.3 Å². The van der Waals surface area contributed by atoms with Crippen LogP contribution in [0.3, 0.4) is 0 Å². The topological polar surface area (TPSA) is 58.6 Å².